The molecular weight excluding hydrogens is 332 g/mol. The highest BCUT2D eigenvalue weighted by molar-refractivity contribution is 9.10. The molecule has 1 fully saturated rings. The SMILES string of the molecule is CCC(C)(C(Cc1sccc1Br)NC)N1CCCCC1. The molecule has 1 aliphatic heterocycles. The lowest BCUT2D eigenvalue weighted by atomic mass is 9.83. The minimum absolute atomic E-state index is 0.249. The normalized spacial score (nSPS) is 21.6. The number of rotatable bonds is 6. The maximum atomic E-state index is 3.68. The number of hydrogen-bond donors (Lipinski definition) is 1. The number of halogens is 1. The molecule has 2 nitrogen and oxygen atoms in total. The topological polar surface area (TPSA) is 15.3 Å². The van der Waals surface area contributed by atoms with E-state index in [9.17, 15) is 0 Å². The van der Waals surface area contributed by atoms with Crippen LogP contribution in [0.1, 0.15) is 44.4 Å². The van der Waals surface area contributed by atoms with Gasteiger partial charge in [0.25, 0.3) is 0 Å². The van der Waals surface area contributed by atoms with Crippen LogP contribution in [0.25, 0.3) is 0 Å². The third kappa shape index (κ3) is 3.46. The monoisotopic (exact) mass is 358 g/mol. The molecule has 2 unspecified atom stereocenters. The van der Waals surface area contributed by atoms with E-state index >= 15 is 0 Å². The number of nitrogens with one attached hydrogen (secondary N) is 1. The second kappa shape index (κ2) is 7.39. The average Bonchev–Trinajstić information content (AvgIpc) is 2.90. The van der Waals surface area contributed by atoms with E-state index in [1.807, 2.05) is 11.3 Å². The van der Waals surface area contributed by atoms with Crippen LogP contribution in [0.4, 0.5) is 0 Å². The molecule has 1 aliphatic rings. The lowest BCUT2D eigenvalue weighted by molar-refractivity contribution is 0.0455. The third-order valence-electron chi connectivity index (χ3n) is 4.97. The van der Waals surface area contributed by atoms with Gasteiger partial charge in [0.05, 0.1) is 0 Å². The van der Waals surface area contributed by atoms with Gasteiger partial charge in [-0.05, 0) is 80.1 Å². The van der Waals surface area contributed by atoms with Gasteiger partial charge < -0.3 is 5.32 Å². The second-order valence-corrected chi connectivity index (χ2v) is 7.85. The molecule has 0 saturated carbocycles. The first-order valence-corrected chi connectivity index (χ1v) is 9.43. The van der Waals surface area contributed by atoms with Crippen LogP contribution in [0, 0.1) is 0 Å². The molecule has 0 bridgehead atoms. The number of nitrogens with zero attached hydrogens (tertiary/aromatic N) is 1. The lowest BCUT2D eigenvalue weighted by Gasteiger charge is -2.48. The van der Waals surface area contributed by atoms with Crippen LogP contribution >= 0.6 is 27.3 Å². The van der Waals surface area contributed by atoms with Gasteiger partial charge in [0.15, 0.2) is 0 Å². The van der Waals surface area contributed by atoms with Crippen LogP contribution in [0.2, 0.25) is 0 Å². The summed E-state index contributed by atoms with van der Waals surface area (Å²) in [6.07, 6.45) is 6.41. The Balaban J connectivity index is 2.15. The van der Waals surface area contributed by atoms with Crippen molar-refractivity contribution in [1.82, 2.24) is 10.2 Å². The van der Waals surface area contributed by atoms with Gasteiger partial charge in [0.1, 0.15) is 0 Å². The van der Waals surface area contributed by atoms with Crippen molar-refractivity contribution in [3.63, 3.8) is 0 Å². The van der Waals surface area contributed by atoms with E-state index in [0.717, 1.165) is 6.42 Å². The van der Waals surface area contributed by atoms with Crippen molar-refractivity contribution in [1.29, 1.82) is 0 Å². The molecule has 1 aromatic heterocycles. The summed E-state index contributed by atoms with van der Waals surface area (Å²) in [5, 5.41) is 5.78. The largest absolute Gasteiger partial charge is 0.315 e. The molecule has 2 rings (SSSR count). The first-order chi connectivity index (χ1) is 9.61. The van der Waals surface area contributed by atoms with Crippen molar-refractivity contribution in [3.8, 4) is 0 Å². The van der Waals surface area contributed by atoms with Crippen molar-refractivity contribution in [2.24, 2.45) is 0 Å². The van der Waals surface area contributed by atoms with Crippen LogP contribution in [-0.4, -0.2) is 36.6 Å². The lowest BCUT2D eigenvalue weighted by Crippen LogP contribution is -2.60. The van der Waals surface area contributed by atoms with Gasteiger partial charge in [-0.3, -0.25) is 4.90 Å². The molecule has 20 heavy (non-hydrogen) atoms. The summed E-state index contributed by atoms with van der Waals surface area (Å²) in [7, 11) is 2.12. The number of hydrogen-bond acceptors (Lipinski definition) is 3. The van der Waals surface area contributed by atoms with E-state index in [4.69, 9.17) is 0 Å². The van der Waals surface area contributed by atoms with E-state index in [2.05, 4.69) is 58.5 Å². The quantitative estimate of drug-likeness (QED) is 0.815. The minimum atomic E-state index is 0.249. The zero-order valence-electron chi connectivity index (χ0n) is 12.9. The molecule has 1 saturated heterocycles. The fourth-order valence-corrected chi connectivity index (χ4v) is 4.95. The molecule has 2 atom stereocenters. The van der Waals surface area contributed by atoms with Gasteiger partial charge in [-0.1, -0.05) is 13.3 Å². The number of likely N-dealkylation sites (N-methyl/N-ethyl adjacent to an activating group) is 1. The minimum Gasteiger partial charge on any atom is -0.315 e. The predicted octanol–water partition coefficient (Wildman–Crippen LogP) is 4.30. The van der Waals surface area contributed by atoms with Crippen molar-refractivity contribution in [2.45, 2.75) is 57.5 Å². The van der Waals surface area contributed by atoms with Crippen LogP contribution in [0.15, 0.2) is 15.9 Å². The summed E-state index contributed by atoms with van der Waals surface area (Å²) in [4.78, 5) is 4.18. The van der Waals surface area contributed by atoms with Gasteiger partial charge in [0.2, 0.25) is 0 Å². The van der Waals surface area contributed by atoms with Crippen molar-refractivity contribution < 1.29 is 0 Å². The van der Waals surface area contributed by atoms with Crippen LogP contribution in [0.3, 0.4) is 0 Å². The summed E-state index contributed by atoms with van der Waals surface area (Å²) in [6.45, 7) is 7.30. The first-order valence-electron chi connectivity index (χ1n) is 7.76. The summed E-state index contributed by atoms with van der Waals surface area (Å²) in [6, 6.07) is 2.66. The zero-order valence-corrected chi connectivity index (χ0v) is 15.3. The summed E-state index contributed by atoms with van der Waals surface area (Å²) >= 11 is 5.54. The smallest absolute Gasteiger partial charge is 0.0335 e. The van der Waals surface area contributed by atoms with Crippen molar-refractivity contribution >= 4 is 27.3 Å². The average molecular weight is 359 g/mol. The van der Waals surface area contributed by atoms with E-state index < -0.39 is 0 Å². The molecule has 4 heteroatoms. The highest BCUT2D eigenvalue weighted by atomic mass is 79.9. The van der Waals surface area contributed by atoms with Crippen LogP contribution < -0.4 is 5.32 Å². The molecule has 1 N–H and O–H groups in total. The summed E-state index contributed by atoms with van der Waals surface area (Å²) < 4.78 is 1.26. The Kier molecular flexibility index (Phi) is 6.09. The summed E-state index contributed by atoms with van der Waals surface area (Å²) in [5.74, 6) is 0. The fourth-order valence-electron chi connectivity index (χ4n) is 3.38. The molecular formula is C16H27BrN2S. The van der Waals surface area contributed by atoms with Gasteiger partial charge in [-0.25, -0.2) is 0 Å². The standard InChI is InChI=1S/C16H27BrN2S/c1-4-16(2,19-9-6-5-7-10-19)15(18-3)12-14-13(17)8-11-20-14/h8,11,15,18H,4-7,9-10,12H2,1-3H3. The number of thiophene rings is 1. The Bertz CT molecular complexity index is 414. The molecule has 0 aromatic carbocycles. The predicted molar refractivity (Wildman–Crippen MR) is 92.7 cm³/mol. The molecule has 1 aromatic rings. The van der Waals surface area contributed by atoms with Gasteiger partial charge >= 0.3 is 0 Å². The molecule has 0 aliphatic carbocycles. The fraction of sp³-hybridized carbons (Fsp3) is 0.750. The molecule has 0 spiro atoms. The Labute approximate surface area is 136 Å². The maximum absolute atomic E-state index is 3.68. The Morgan fingerprint density at radius 3 is 2.60 bits per heavy atom. The number of likely N-dealkylation sites (tertiary alicyclic amines) is 1. The van der Waals surface area contributed by atoms with E-state index in [0.29, 0.717) is 6.04 Å². The van der Waals surface area contributed by atoms with E-state index in [1.54, 1.807) is 0 Å². The molecule has 0 radical (unpaired) electrons. The maximum Gasteiger partial charge on any atom is 0.0335 e. The molecule has 2 heterocycles. The number of piperidine rings is 1. The van der Waals surface area contributed by atoms with Crippen LogP contribution in [0.5, 0.6) is 0 Å². The van der Waals surface area contributed by atoms with Gasteiger partial charge in [-0.2, -0.15) is 0 Å². The van der Waals surface area contributed by atoms with Crippen molar-refractivity contribution in [3.05, 3.63) is 20.8 Å². The second-order valence-electron chi connectivity index (χ2n) is 6.00. The Hall–Kier alpha value is 0.1000. The van der Waals surface area contributed by atoms with E-state index in [1.165, 1.54) is 48.1 Å². The third-order valence-corrected chi connectivity index (χ3v) is 6.92. The Morgan fingerprint density at radius 2 is 2.10 bits per heavy atom. The molecule has 0 amide bonds. The Morgan fingerprint density at radius 1 is 1.40 bits per heavy atom. The molecule has 114 valence electrons. The van der Waals surface area contributed by atoms with E-state index in [-0.39, 0.29) is 5.54 Å². The van der Waals surface area contributed by atoms with Gasteiger partial charge in [0, 0.05) is 20.9 Å². The highest BCUT2D eigenvalue weighted by Crippen LogP contribution is 2.32. The first kappa shape index (κ1) is 16.5. The zero-order chi connectivity index (χ0) is 14.6. The summed E-state index contributed by atoms with van der Waals surface area (Å²) in [5.41, 5.74) is 0.249. The highest BCUT2D eigenvalue weighted by Gasteiger charge is 2.38. The van der Waals surface area contributed by atoms with Crippen molar-refractivity contribution in [2.75, 3.05) is 20.1 Å². The van der Waals surface area contributed by atoms with Crippen LogP contribution in [-0.2, 0) is 6.42 Å². The van der Waals surface area contributed by atoms with Gasteiger partial charge in [-0.15, -0.1) is 11.3 Å².